The van der Waals surface area contributed by atoms with E-state index in [4.69, 9.17) is 9.47 Å². The largest absolute Gasteiger partial charge is 0.504 e. The molecule has 1 aromatic rings. The van der Waals surface area contributed by atoms with Crippen LogP contribution in [0.15, 0.2) is 12.1 Å². The molecule has 2 unspecified atom stereocenters. The zero-order chi connectivity index (χ0) is 12.3. The van der Waals surface area contributed by atoms with Gasteiger partial charge in [0.15, 0.2) is 11.5 Å². The fourth-order valence-corrected chi connectivity index (χ4v) is 1.41. The van der Waals surface area contributed by atoms with Crippen molar-refractivity contribution in [2.24, 2.45) is 0 Å². The first-order valence-corrected chi connectivity index (χ1v) is 4.82. The van der Waals surface area contributed by atoms with Gasteiger partial charge >= 0.3 is 0 Å². The summed E-state index contributed by atoms with van der Waals surface area (Å²) >= 11 is 0. The molecular formula is C11H16O5. The number of benzene rings is 1. The second-order valence-electron chi connectivity index (χ2n) is 3.46. The number of phenols is 1. The normalized spacial score (nSPS) is 14.3. The summed E-state index contributed by atoms with van der Waals surface area (Å²) in [5.41, 5.74) is 0.366. The number of hydrogen-bond donors (Lipinski definition) is 3. The van der Waals surface area contributed by atoms with Crippen molar-refractivity contribution >= 4 is 0 Å². The van der Waals surface area contributed by atoms with Crippen LogP contribution in [-0.2, 0) is 0 Å². The molecule has 0 heterocycles. The van der Waals surface area contributed by atoms with Crippen molar-refractivity contribution in [2.75, 3.05) is 14.2 Å². The summed E-state index contributed by atoms with van der Waals surface area (Å²) in [4.78, 5) is 0. The Balaban J connectivity index is 3.20. The molecule has 5 nitrogen and oxygen atoms in total. The SMILES string of the molecule is COc1cc(C(O)C(C)O)cc(O)c1OC. The Morgan fingerprint density at radius 3 is 2.19 bits per heavy atom. The maximum Gasteiger partial charge on any atom is 0.203 e. The van der Waals surface area contributed by atoms with Crippen molar-refractivity contribution in [3.63, 3.8) is 0 Å². The van der Waals surface area contributed by atoms with Gasteiger partial charge in [0.25, 0.3) is 0 Å². The van der Waals surface area contributed by atoms with Gasteiger partial charge < -0.3 is 24.8 Å². The average Bonchev–Trinajstić information content (AvgIpc) is 2.26. The van der Waals surface area contributed by atoms with E-state index in [1.165, 1.54) is 33.3 Å². The van der Waals surface area contributed by atoms with Gasteiger partial charge in [0.2, 0.25) is 5.75 Å². The van der Waals surface area contributed by atoms with Crippen molar-refractivity contribution in [2.45, 2.75) is 19.1 Å². The number of aliphatic hydroxyl groups excluding tert-OH is 2. The quantitative estimate of drug-likeness (QED) is 0.711. The molecule has 1 aromatic carbocycles. The van der Waals surface area contributed by atoms with Gasteiger partial charge in [-0.3, -0.25) is 0 Å². The number of hydrogen-bond acceptors (Lipinski definition) is 5. The standard InChI is InChI=1S/C11H16O5/c1-6(12)10(14)7-4-8(13)11(16-3)9(5-7)15-2/h4-6,10,12-14H,1-3H3. The topological polar surface area (TPSA) is 79.2 Å². The Hall–Kier alpha value is -1.46. The molecule has 0 bridgehead atoms. The number of aliphatic hydroxyl groups is 2. The molecule has 0 radical (unpaired) electrons. The predicted molar refractivity (Wildman–Crippen MR) is 57.9 cm³/mol. The third-order valence-corrected chi connectivity index (χ3v) is 2.28. The van der Waals surface area contributed by atoms with E-state index in [9.17, 15) is 15.3 Å². The molecule has 3 N–H and O–H groups in total. The van der Waals surface area contributed by atoms with Crippen molar-refractivity contribution in [3.05, 3.63) is 17.7 Å². The smallest absolute Gasteiger partial charge is 0.203 e. The van der Waals surface area contributed by atoms with Crippen LogP contribution in [0.4, 0.5) is 0 Å². The first-order valence-electron chi connectivity index (χ1n) is 4.82. The van der Waals surface area contributed by atoms with Gasteiger partial charge in [-0.2, -0.15) is 0 Å². The van der Waals surface area contributed by atoms with Crippen LogP contribution < -0.4 is 9.47 Å². The number of methoxy groups -OCH3 is 2. The van der Waals surface area contributed by atoms with Gasteiger partial charge in [0.1, 0.15) is 6.10 Å². The second kappa shape index (κ2) is 5.05. The Kier molecular flexibility index (Phi) is 3.98. The Morgan fingerprint density at radius 1 is 1.12 bits per heavy atom. The molecule has 0 aliphatic rings. The molecule has 0 fully saturated rings. The highest BCUT2D eigenvalue weighted by molar-refractivity contribution is 5.53. The van der Waals surface area contributed by atoms with Crippen LogP contribution in [0.2, 0.25) is 0 Å². The third kappa shape index (κ3) is 2.37. The maximum absolute atomic E-state index is 9.65. The maximum atomic E-state index is 9.65. The molecule has 0 aliphatic heterocycles. The minimum Gasteiger partial charge on any atom is -0.504 e. The molecule has 0 saturated carbocycles. The van der Waals surface area contributed by atoms with Gasteiger partial charge in [-0.1, -0.05) is 0 Å². The summed E-state index contributed by atoms with van der Waals surface area (Å²) < 4.78 is 9.95. The first kappa shape index (κ1) is 12.6. The van der Waals surface area contributed by atoms with Crippen molar-refractivity contribution in [1.82, 2.24) is 0 Å². The lowest BCUT2D eigenvalue weighted by atomic mass is 10.0. The summed E-state index contributed by atoms with van der Waals surface area (Å²) in [7, 11) is 2.83. The first-order chi connectivity index (χ1) is 7.51. The molecule has 2 atom stereocenters. The summed E-state index contributed by atoms with van der Waals surface area (Å²) in [6.07, 6.45) is -2.01. The van der Waals surface area contributed by atoms with Gasteiger partial charge in [0.05, 0.1) is 20.3 Å². The minimum atomic E-state index is -1.08. The minimum absolute atomic E-state index is 0.142. The van der Waals surface area contributed by atoms with E-state index in [1.807, 2.05) is 0 Å². The highest BCUT2D eigenvalue weighted by Crippen LogP contribution is 2.39. The summed E-state index contributed by atoms with van der Waals surface area (Å²) in [5.74, 6) is 0.359. The Bertz CT molecular complexity index is 362. The molecule has 0 amide bonds. The lowest BCUT2D eigenvalue weighted by molar-refractivity contribution is 0.0302. The number of phenolic OH excluding ortho intramolecular Hbond substituents is 1. The highest BCUT2D eigenvalue weighted by atomic mass is 16.5. The van der Waals surface area contributed by atoms with Crippen molar-refractivity contribution in [3.8, 4) is 17.2 Å². The Labute approximate surface area is 93.9 Å². The lowest BCUT2D eigenvalue weighted by Gasteiger charge is -2.17. The van der Waals surface area contributed by atoms with Crippen LogP contribution in [-0.4, -0.2) is 35.6 Å². The molecule has 16 heavy (non-hydrogen) atoms. The fraction of sp³-hybridized carbons (Fsp3) is 0.455. The zero-order valence-corrected chi connectivity index (χ0v) is 9.47. The van der Waals surface area contributed by atoms with E-state index in [1.54, 1.807) is 0 Å². The third-order valence-electron chi connectivity index (χ3n) is 2.28. The molecule has 5 heteroatoms. The summed E-state index contributed by atoms with van der Waals surface area (Å²) in [6.45, 7) is 1.46. The molecule has 0 aromatic heterocycles. The van der Waals surface area contributed by atoms with Crippen molar-refractivity contribution in [1.29, 1.82) is 0 Å². The molecule has 90 valence electrons. The van der Waals surface area contributed by atoms with Crippen LogP contribution in [0, 0.1) is 0 Å². The fourth-order valence-electron chi connectivity index (χ4n) is 1.41. The monoisotopic (exact) mass is 228 g/mol. The Morgan fingerprint density at radius 2 is 1.75 bits per heavy atom. The molecule has 0 aliphatic carbocycles. The molecule has 1 rings (SSSR count). The number of rotatable bonds is 4. The van der Waals surface area contributed by atoms with E-state index in [2.05, 4.69) is 0 Å². The molecule has 0 spiro atoms. The van der Waals surface area contributed by atoms with Gasteiger partial charge in [-0.05, 0) is 24.6 Å². The second-order valence-corrected chi connectivity index (χ2v) is 3.46. The van der Waals surface area contributed by atoms with Crippen LogP contribution in [0.1, 0.15) is 18.6 Å². The van der Waals surface area contributed by atoms with Gasteiger partial charge in [-0.15, -0.1) is 0 Å². The van der Waals surface area contributed by atoms with Crippen LogP contribution in [0.3, 0.4) is 0 Å². The van der Waals surface area contributed by atoms with Gasteiger partial charge in [0, 0.05) is 0 Å². The molecular weight excluding hydrogens is 212 g/mol. The highest BCUT2D eigenvalue weighted by Gasteiger charge is 2.19. The van der Waals surface area contributed by atoms with E-state index in [-0.39, 0.29) is 11.5 Å². The van der Waals surface area contributed by atoms with Crippen LogP contribution in [0.5, 0.6) is 17.2 Å². The number of aromatic hydroxyl groups is 1. The summed E-state index contributed by atoms with van der Waals surface area (Å²) in [6, 6.07) is 2.84. The van der Waals surface area contributed by atoms with E-state index >= 15 is 0 Å². The molecule has 0 saturated heterocycles. The average molecular weight is 228 g/mol. The van der Waals surface area contributed by atoms with E-state index in [0.29, 0.717) is 11.3 Å². The summed E-state index contributed by atoms with van der Waals surface area (Å²) in [5, 5.41) is 28.5. The lowest BCUT2D eigenvalue weighted by Crippen LogP contribution is -2.13. The van der Waals surface area contributed by atoms with Crippen molar-refractivity contribution < 1.29 is 24.8 Å². The predicted octanol–water partition coefficient (Wildman–Crippen LogP) is 0.824. The van der Waals surface area contributed by atoms with E-state index < -0.39 is 12.2 Å². The van der Waals surface area contributed by atoms with Crippen LogP contribution >= 0.6 is 0 Å². The zero-order valence-electron chi connectivity index (χ0n) is 9.47. The van der Waals surface area contributed by atoms with Gasteiger partial charge in [-0.25, -0.2) is 0 Å². The number of ether oxygens (including phenoxy) is 2. The van der Waals surface area contributed by atoms with E-state index in [0.717, 1.165) is 0 Å². The van der Waals surface area contributed by atoms with Crippen LogP contribution in [0.25, 0.3) is 0 Å².